The minimum absolute atomic E-state index is 0.0514. The topological polar surface area (TPSA) is 80.8 Å². The Bertz CT molecular complexity index is 696. The zero-order valence-electron chi connectivity index (χ0n) is 12.7. The fourth-order valence-electron chi connectivity index (χ4n) is 2.77. The second-order valence-corrected chi connectivity index (χ2v) is 8.27. The van der Waals surface area contributed by atoms with E-state index in [4.69, 9.17) is 4.74 Å². The Hall–Kier alpha value is -1.89. The van der Waals surface area contributed by atoms with Crippen LogP contribution in [0.15, 0.2) is 30.3 Å². The second kappa shape index (κ2) is 6.31. The van der Waals surface area contributed by atoms with Gasteiger partial charge < -0.3 is 9.64 Å². The third kappa shape index (κ3) is 3.90. The van der Waals surface area contributed by atoms with E-state index in [0.29, 0.717) is 12.1 Å². The molecule has 0 unspecified atom stereocenters. The number of carbonyl (C=O) groups excluding carboxylic acids is 2. The molecule has 1 aliphatic carbocycles. The molecule has 1 aromatic carbocycles. The first-order valence-corrected chi connectivity index (χ1v) is 9.52. The first-order valence-electron chi connectivity index (χ1n) is 7.70. The predicted octanol–water partition coefficient (Wildman–Crippen LogP) is 1.16. The molecule has 2 fully saturated rings. The lowest BCUT2D eigenvalue weighted by atomic mass is 10.2. The Kier molecular flexibility index (Phi) is 4.39. The number of ether oxygens (including phenoxy) is 1. The molecule has 1 atom stereocenters. The number of benzene rings is 1. The van der Waals surface area contributed by atoms with E-state index < -0.39 is 15.9 Å². The van der Waals surface area contributed by atoms with Crippen LogP contribution in [0.3, 0.4) is 0 Å². The van der Waals surface area contributed by atoms with Gasteiger partial charge in [-0.2, -0.15) is 0 Å². The number of hydrogen-bond donors (Lipinski definition) is 0. The van der Waals surface area contributed by atoms with Crippen molar-refractivity contribution in [2.24, 2.45) is 5.92 Å². The number of carbonyl (C=O) groups is 2. The average molecular weight is 337 g/mol. The number of amides is 1. The maximum atomic E-state index is 12.5. The highest BCUT2D eigenvalue weighted by atomic mass is 32.2. The Morgan fingerprint density at radius 3 is 2.39 bits per heavy atom. The maximum Gasteiger partial charge on any atom is 0.309 e. The molecule has 1 aliphatic heterocycles. The van der Waals surface area contributed by atoms with Crippen molar-refractivity contribution in [3.05, 3.63) is 30.3 Å². The van der Waals surface area contributed by atoms with E-state index in [1.54, 1.807) is 24.3 Å². The molecule has 1 heterocycles. The number of anilines is 1. The van der Waals surface area contributed by atoms with Crippen LogP contribution in [0.2, 0.25) is 0 Å². The van der Waals surface area contributed by atoms with Gasteiger partial charge in [-0.3, -0.25) is 9.59 Å². The molecule has 1 aromatic rings. The highest BCUT2D eigenvalue weighted by molar-refractivity contribution is 7.91. The summed E-state index contributed by atoms with van der Waals surface area (Å²) >= 11 is 0. The summed E-state index contributed by atoms with van der Waals surface area (Å²) in [5.74, 6) is -0.766. The molecule has 0 spiro atoms. The van der Waals surface area contributed by atoms with E-state index >= 15 is 0 Å². The molecule has 2 aliphatic rings. The van der Waals surface area contributed by atoms with Crippen LogP contribution >= 0.6 is 0 Å². The molecule has 1 saturated carbocycles. The molecule has 124 valence electrons. The standard InChI is InChI=1S/C16H19NO5S/c18-15(10-22-16(19)12-6-7-12)17(13-4-2-1-3-5-13)14-8-9-23(20,21)11-14/h1-5,12,14H,6-11H2/t14-/m1/s1. The van der Waals surface area contributed by atoms with Crippen LogP contribution in [0, 0.1) is 5.92 Å². The fraction of sp³-hybridized carbons (Fsp3) is 0.500. The van der Waals surface area contributed by atoms with Gasteiger partial charge in [0, 0.05) is 5.69 Å². The van der Waals surface area contributed by atoms with E-state index in [0.717, 1.165) is 12.8 Å². The van der Waals surface area contributed by atoms with Gasteiger partial charge in [0.2, 0.25) is 0 Å². The first-order chi connectivity index (χ1) is 11.0. The lowest BCUT2D eigenvalue weighted by Crippen LogP contribution is -2.43. The monoisotopic (exact) mass is 337 g/mol. The van der Waals surface area contributed by atoms with Gasteiger partial charge in [-0.15, -0.1) is 0 Å². The smallest absolute Gasteiger partial charge is 0.309 e. The highest BCUT2D eigenvalue weighted by Crippen LogP contribution is 2.30. The lowest BCUT2D eigenvalue weighted by molar-refractivity contribution is -0.149. The normalized spacial score (nSPS) is 22.5. The molecule has 1 amide bonds. The predicted molar refractivity (Wildman–Crippen MR) is 84.7 cm³/mol. The Labute approximate surface area is 135 Å². The van der Waals surface area contributed by atoms with E-state index in [1.807, 2.05) is 6.07 Å². The number of para-hydroxylation sites is 1. The van der Waals surface area contributed by atoms with Crippen molar-refractivity contribution in [3.63, 3.8) is 0 Å². The third-order valence-corrected chi connectivity index (χ3v) is 5.88. The Morgan fingerprint density at radius 1 is 1.13 bits per heavy atom. The molecule has 0 N–H and O–H groups in total. The van der Waals surface area contributed by atoms with Gasteiger partial charge in [-0.05, 0) is 31.4 Å². The van der Waals surface area contributed by atoms with Crippen molar-refractivity contribution >= 4 is 27.4 Å². The summed E-state index contributed by atoms with van der Waals surface area (Å²) in [6, 6.07) is 8.50. The molecule has 0 aromatic heterocycles. The van der Waals surface area contributed by atoms with Crippen LogP contribution in [0.25, 0.3) is 0 Å². The number of hydrogen-bond acceptors (Lipinski definition) is 5. The summed E-state index contributed by atoms with van der Waals surface area (Å²) in [6.07, 6.45) is 2.03. The molecular weight excluding hydrogens is 318 g/mol. The van der Waals surface area contributed by atoms with Gasteiger partial charge in [0.1, 0.15) is 0 Å². The minimum Gasteiger partial charge on any atom is -0.455 e. The van der Waals surface area contributed by atoms with Crippen molar-refractivity contribution in [2.45, 2.75) is 25.3 Å². The zero-order valence-corrected chi connectivity index (χ0v) is 13.5. The number of rotatable bonds is 5. The number of nitrogens with zero attached hydrogens (tertiary/aromatic N) is 1. The molecule has 23 heavy (non-hydrogen) atoms. The minimum atomic E-state index is -3.12. The lowest BCUT2D eigenvalue weighted by Gasteiger charge is -2.28. The van der Waals surface area contributed by atoms with Crippen molar-refractivity contribution < 1.29 is 22.7 Å². The largest absolute Gasteiger partial charge is 0.455 e. The number of sulfone groups is 1. The van der Waals surface area contributed by atoms with E-state index in [9.17, 15) is 18.0 Å². The molecule has 1 saturated heterocycles. The van der Waals surface area contributed by atoms with Crippen LogP contribution < -0.4 is 4.90 Å². The maximum absolute atomic E-state index is 12.5. The summed E-state index contributed by atoms with van der Waals surface area (Å²) in [7, 11) is -3.12. The zero-order chi connectivity index (χ0) is 16.4. The van der Waals surface area contributed by atoms with Crippen molar-refractivity contribution in [2.75, 3.05) is 23.0 Å². The molecule has 6 nitrogen and oxygen atoms in total. The van der Waals surface area contributed by atoms with Crippen molar-refractivity contribution in [1.29, 1.82) is 0 Å². The van der Waals surface area contributed by atoms with Gasteiger partial charge in [0.25, 0.3) is 5.91 Å². The van der Waals surface area contributed by atoms with Crippen LogP contribution in [0.1, 0.15) is 19.3 Å². The van der Waals surface area contributed by atoms with E-state index in [2.05, 4.69) is 0 Å². The summed E-state index contributed by atoms with van der Waals surface area (Å²) in [4.78, 5) is 25.6. The quantitative estimate of drug-likeness (QED) is 0.753. The van der Waals surface area contributed by atoms with Crippen molar-refractivity contribution in [1.82, 2.24) is 0 Å². The molecule has 0 bridgehead atoms. The summed E-state index contributed by atoms with van der Waals surface area (Å²) in [6.45, 7) is -0.346. The average Bonchev–Trinajstić information content (AvgIpc) is 3.31. The molecule has 3 rings (SSSR count). The molecule has 7 heteroatoms. The summed E-state index contributed by atoms with van der Waals surface area (Å²) in [5.41, 5.74) is 0.627. The first kappa shape index (κ1) is 16.0. The second-order valence-electron chi connectivity index (χ2n) is 6.04. The van der Waals surface area contributed by atoms with Gasteiger partial charge in [0.05, 0.1) is 23.5 Å². The Balaban J connectivity index is 1.74. The van der Waals surface area contributed by atoms with Gasteiger partial charge in [0.15, 0.2) is 16.4 Å². The van der Waals surface area contributed by atoms with E-state index in [-0.39, 0.29) is 35.9 Å². The van der Waals surface area contributed by atoms with Crippen LogP contribution in [-0.2, 0) is 24.2 Å². The van der Waals surface area contributed by atoms with Gasteiger partial charge in [-0.1, -0.05) is 18.2 Å². The molecular formula is C16H19NO5S. The van der Waals surface area contributed by atoms with Gasteiger partial charge in [-0.25, -0.2) is 8.42 Å². The van der Waals surface area contributed by atoms with Crippen LogP contribution in [0.4, 0.5) is 5.69 Å². The van der Waals surface area contributed by atoms with Crippen molar-refractivity contribution in [3.8, 4) is 0 Å². The fourth-order valence-corrected chi connectivity index (χ4v) is 4.47. The van der Waals surface area contributed by atoms with Crippen LogP contribution in [-0.4, -0.2) is 44.4 Å². The van der Waals surface area contributed by atoms with Gasteiger partial charge >= 0.3 is 5.97 Å². The summed E-state index contributed by atoms with van der Waals surface area (Å²) in [5, 5.41) is 0. The number of esters is 1. The van der Waals surface area contributed by atoms with E-state index in [1.165, 1.54) is 4.90 Å². The SMILES string of the molecule is O=C(OCC(=O)N(c1ccccc1)[C@@H]1CCS(=O)(=O)C1)C1CC1. The molecule has 0 radical (unpaired) electrons. The Morgan fingerprint density at radius 2 is 1.83 bits per heavy atom. The highest BCUT2D eigenvalue weighted by Gasteiger charge is 2.37. The summed E-state index contributed by atoms with van der Waals surface area (Å²) < 4.78 is 28.5. The third-order valence-electron chi connectivity index (χ3n) is 4.13. The van der Waals surface area contributed by atoms with Crippen LogP contribution in [0.5, 0.6) is 0 Å².